The number of fused-ring (bicyclic) bond motifs is 1. The summed E-state index contributed by atoms with van der Waals surface area (Å²) in [7, 11) is 1.59. The van der Waals surface area contributed by atoms with Crippen LogP contribution in [0.15, 0.2) is 42.9 Å². The van der Waals surface area contributed by atoms with Gasteiger partial charge in [0.05, 0.1) is 25.4 Å². The third kappa shape index (κ3) is 2.66. The Bertz CT molecular complexity index is 737. The fourth-order valence-corrected chi connectivity index (χ4v) is 2.15. The first-order valence-corrected chi connectivity index (χ1v) is 6.64. The Balaban J connectivity index is 1.96. The first kappa shape index (κ1) is 13.4. The van der Waals surface area contributed by atoms with Gasteiger partial charge in [-0.05, 0) is 24.3 Å². The van der Waals surface area contributed by atoms with Crippen LogP contribution >= 0.6 is 0 Å². The standard InChI is InChI=1S/C15H16N4O2/c1-21-15-8-14-13(9-17-15)18-10-19(14)12-4-2-11(3-5-12)16-6-7-20/h2-5,8-10,16,20H,6-7H2,1H3. The molecule has 0 spiro atoms. The fourth-order valence-electron chi connectivity index (χ4n) is 2.15. The molecule has 3 rings (SSSR count). The molecule has 2 N–H and O–H groups in total. The van der Waals surface area contributed by atoms with Gasteiger partial charge in [0.25, 0.3) is 0 Å². The zero-order chi connectivity index (χ0) is 14.7. The van der Waals surface area contributed by atoms with Crippen molar-refractivity contribution >= 4 is 16.7 Å². The topological polar surface area (TPSA) is 72.2 Å². The largest absolute Gasteiger partial charge is 0.481 e. The first-order chi connectivity index (χ1) is 10.3. The summed E-state index contributed by atoms with van der Waals surface area (Å²) in [5.41, 5.74) is 3.73. The molecular formula is C15H16N4O2. The summed E-state index contributed by atoms with van der Waals surface area (Å²) in [4.78, 5) is 8.49. The number of nitrogens with one attached hydrogen (secondary N) is 1. The van der Waals surface area contributed by atoms with E-state index in [1.54, 1.807) is 19.6 Å². The van der Waals surface area contributed by atoms with E-state index in [4.69, 9.17) is 9.84 Å². The second-order valence-electron chi connectivity index (χ2n) is 4.53. The van der Waals surface area contributed by atoms with Crippen molar-refractivity contribution in [2.24, 2.45) is 0 Å². The molecule has 0 atom stereocenters. The van der Waals surface area contributed by atoms with Crippen LogP contribution in [0.5, 0.6) is 5.88 Å². The lowest BCUT2D eigenvalue weighted by atomic mass is 10.2. The molecule has 0 saturated heterocycles. The molecule has 2 heterocycles. The molecule has 3 aromatic rings. The van der Waals surface area contributed by atoms with Gasteiger partial charge in [-0.1, -0.05) is 0 Å². The van der Waals surface area contributed by atoms with Gasteiger partial charge in [-0.25, -0.2) is 9.97 Å². The van der Waals surface area contributed by atoms with Crippen LogP contribution in [0.3, 0.4) is 0 Å². The molecule has 0 saturated carbocycles. The minimum Gasteiger partial charge on any atom is -0.481 e. The molecule has 0 aliphatic carbocycles. The Kier molecular flexibility index (Phi) is 3.70. The summed E-state index contributed by atoms with van der Waals surface area (Å²) >= 11 is 0. The number of nitrogens with zero attached hydrogens (tertiary/aromatic N) is 3. The van der Waals surface area contributed by atoms with Gasteiger partial charge >= 0.3 is 0 Å². The first-order valence-electron chi connectivity index (χ1n) is 6.64. The number of methoxy groups -OCH3 is 1. The zero-order valence-electron chi connectivity index (χ0n) is 11.7. The van der Waals surface area contributed by atoms with Gasteiger partial charge in [-0.15, -0.1) is 0 Å². The highest BCUT2D eigenvalue weighted by Crippen LogP contribution is 2.21. The maximum atomic E-state index is 8.81. The highest BCUT2D eigenvalue weighted by atomic mass is 16.5. The predicted octanol–water partition coefficient (Wildman–Crippen LogP) is 1.83. The van der Waals surface area contributed by atoms with E-state index in [1.165, 1.54) is 0 Å². The molecule has 0 amide bonds. The molecule has 0 radical (unpaired) electrons. The van der Waals surface area contributed by atoms with E-state index < -0.39 is 0 Å². The molecule has 21 heavy (non-hydrogen) atoms. The van der Waals surface area contributed by atoms with Crippen molar-refractivity contribution in [1.82, 2.24) is 14.5 Å². The minimum absolute atomic E-state index is 0.112. The second-order valence-corrected chi connectivity index (χ2v) is 4.53. The average Bonchev–Trinajstić information content (AvgIpc) is 2.96. The van der Waals surface area contributed by atoms with Crippen molar-refractivity contribution in [3.63, 3.8) is 0 Å². The summed E-state index contributed by atoms with van der Waals surface area (Å²) in [6.45, 7) is 0.650. The number of anilines is 1. The third-order valence-electron chi connectivity index (χ3n) is 3.20. The Morgan fingerprint density at radius 3 is 2.76 bits per heavy atom. The molecule has 0 aliphatic heterocycles. The quantitative estimate of drug-likeness (QED) is 0.748. The fraction of sp³-hybridized carbons (Fsp3) is 0.200. The Hall–Kier alpha value is -2.60. The van der Waals surface area contributed by atoms with Crippen LogP contribution in [0.25, 0.3) is 16.7 Å². The van der Waals surface area contributed by atoms with E-state index in [9.17, 15) is 0 Å². The van der Waals surface area contributed by atoms with Crippen LogP contribution in [0.4, 0.5) is 5.69 Å². The van der Waals surface area contributed by atoms with Crippen LogP contribution < -0.4 is 10.1 Å². The van der Waals surface area contributed by atoms with Crippen molar-refractivity contribution < 1.29 is 9.84 Å². The molecule has 6 nitrogen and oxygen atoms in total. The monoisotopic (exact) mass is 284 g/mol. The van der Waals surface area contributed by atoms with Crippen molar-refractivity contribution in [1.29, 1.82) is 0 Å². The number of imidazole rings is 1. The minimum atomic E-state index is 0.112. The number of aliphatic hydroxyl groups excluding tert-OH is 1. The molecular weight excluding hydrogens is 268 g/mol. The molecule has 0 fully saturated rings. The summed E-state index contributed by atoms with van der Waals surface area (Å²) in [6.07, 6.45) is 3.46. The van der Waals surface area contributed by atoms with E-state index in [0.717, 1.165) is 22.4 Å². The van der Waals surface area contributed by atoms with Crippen LogP contribution in [0.1, 0.15) is 0 Å². The summed E-state index contributed by atoms with van der Waals surface area (Å²) in [5, 5.41) is 11.9. The van der Waals surface area contributed by atoms with E-state index in [-0.39, 0.29) is 6.61 Å². The van der Waals surface area contributed by atoms with Crippen molar-refractivity contribution in [3.8, 4) is 11.6 Å². The molecule has 108 valence electrons. The lowest BCUT2D eigenvalue weighted by Gasteiger charge is -2.08. The SMILES string of the molecule is COc1cc2c(cn1)ncn2-c1ccc(NCCO)cc1. The Labute approximate surface area is 122 Å². The van der Waals surface area contributed by atoms with Gasteiger partial charge in [0.15, 0.2) is 0 Å². The number of rotatable bonds is 5. The van der Waals surface area contributed by atoms with Gasteiger partial charge in [0.1, 0.15) is 11.8 Å². The lowest BCUT2D eigenvalue weighted by Crippen LogP contribution is -2.05. The number of hydrogen-bond acceptors (Lipinski definition) is 5. The molecule has 0 unspecified atom stereocenters. The number of aliphatic hydroxyl groups is 1. The van der Waals surface area contributed by atoms with E-state index in [0.29, 0.717) is 12.4 Å². The summed E-state index contributed by atoms with van der Waals surface area (Å²) < 4.78 is 7.14. The predicted molar refractivity (Wildman–Crippen MR) is 81.0 cm³/mol. The summed E-state index contributed by atoms with van der Waals surface area (Å²) in [6, 6.07) is 9.78. The maximum Gasteiger partial charge on any atom is 0.215 e. The molecule has 1 aromatic carbocycles. The van der Waals surface area contributed by atoms with Crippen molar-refractivity contribution in [3.05, 3.63) is 42.9 Å². The normalized spacial score (nSPS) is 10.8. The van der Waals surface area contributed by atoms with Crippen molar-refractivity contribution in [2.45, 2.75) is 0 Å². The Morgan fingerprint density at radius 1 is 1.24 bits per heavy atom. The van der Waals surface area contributed by atoms with E-state index >= 15 is 0 Å². The van der Waals surface area contributed by atoms with Gasteiger partial charge in [-0.3, -0.25) is 4.57 Å². The average molecular weight is 284 g/mol. The number of benzene rings is 1. The number of hydrogen-bond donors (Lipinski definition) is 2. The van der Waals surface area contributed by atoms with E-state index in [2.05, 4.69) is 15.3 Å². The second kappa shape index (κ2) is 5.80. The number of ether oxygens (including phenoxy) is 1. The maximum absolute atomic E-state index is 8.81. The molecule has 0 bridgehead atoms. The number of aromatic nitrogens is 3. The molecule has 2 aromatic heterocycles. The highest BCUT2D eigenvalue weighted by molar-refractivity contribution is 5.77. The third-order valence-corrected chi connectivity index (χ3v) is 3.20. The molecule has 0 aliphatic rings. The summed E-state index contributed by atoms with van der Waals surface area (Å²) in [5.74, 6) is 0.561. The van der Waals surface area contributed by atoms with Crippen molar-refractivity contribution in [2.75, 3.05) is 25.6 Å². The van der Waals surface area contributed by atoms with E-state index in [1.807, 2.05) is 34.9 Å². The van der Waals surface area contributed by atoms with Crippen LogP contribution in [0, 0.1) is 0 Å². The van der Waals surface area contributed by atoms with Gasteiger partial charge in [-0.2, -0.15) is 0 Å². The molecule has 6 heteroatoms. The van der Waals surface area contributed by atoms with Gasteiger partial charge in [0.2, 0.25) is 5.88 Å². The van der Waals surface area contributed by atoms with Crippen LogP contribution in [0.2, 0.25) is 0 Å². The van der Waals surface area contributed by atoms with Gasteiger partial charge in [0, 0.05) is 24.0 Å². The van der Waals surface area contributed by atoms with Crippen LogP contribution in [-0.4, -0.2) is 39.9 Å². The zero-order valence-corrected chi connectivity index (χ0v) is 11.7. The Morgan fingerprint density at radius 2 is 2.05 bits per heavy atom. The van der Waals surface area contributed by atoms with Crippen LogP contribution in [-0.2, 0) is 0 Å². The smallest absolute Gasteiger partial charge is 0.215 e. The lowest BCUT2D eigenvalue weighted by molar-refractivity contribution is 0.311. The van der Waals surface area contributed by atoms with Gasteiger partial charge < -0.3 is 15.2 Å². The highest BCUT2D eigenvalue weighted by Gasteiger charge is 2.07. The number of pyridine rings is 1.